The van der Waals surface area contributed by atoms with Gasteiger partial charge in [-0.15, -0.1) is 11.8 Å². The lowest BCUT2D eigenvalue weighted by atomic mass is 9.95. The third kappa shape index (κ3) is 4.88. The van der Waals surface area contributed by atoms with E-state index in [1.807, 2.05) is 18.2 Å². The van der Waals surface area contributed by atoms with Crippen molar-refractivity contribution in [2.75, 3.05) is 27.1 Å². The Kier molecular flexibility index (Phi) is 8.07. The van der Waals surface area contributed by atoms with Crippen molar-refractivity contribution in [1.29, 1.82) is 0 Å². The number of hydrogen-bond donors (Lipinski definition) is 1. The first-order valence-corrected chi connectivity index (χ1v) is 11.8. The zero-order valence-electron chi connectivity index (χ0n) is 19.4. The third-order valence-corrected chi connectivity index (χ3v) is 6.76. The van der Waals surface area contributed by atoms with Gasteiger partial charge in [0.15, 0.2) is 16.9 Å². The fourth-order valence-electron chi connectivity index (χ4n) is 4.13. The summed E-state index contributed by atoms with van der Waals surface area (Å²) in [7, 11) is 4.77. The zero-order valence-corrected chi connectivity index (χ0v) is 20.2. The van der Waals surface area contributed by atoms with E-state index in [1.165, 1.54) is 6.92 Å². The molecule has 32 heavy (non-hydrogen) atoms. The van der Waals surface area contributed by atoms with Gasteiger partial charge in [0.2, 0.25) is 11.7 Å². The Labute approximate surface area is 193 Å². The van der Waals surface area contributed by atoms with Gasteiger partial charge >= 0.3 is 0 Å². The molecule has 7 heteroatoms. The maximum Gasteiger partial charge on any atom is 0.217 e. The van der Waals surface area contributed by atoms with Crippen LogP contribution in [0.25, 0.3) is 11.1 Å². The summed E-state index contributed by atoms with van der Waals surface area (Å²) in [5.74, 6) is 2.42. The van der Waals surface area contributed by atoms with Crippen molar-refractivity contribution in [1.82, 2.24) is 5.32 Å². The van der Waals surface area contributed by atoms with Gasteiger partial charge in [-0.3, -0.25) is 9.59 Å². The molecule has 0 saturated carbocycles. The number of carbonyl (C=O) groups excluding carboxylic acids is 1. The highest BCUT2D eigenvalue weighted by Crippen LogP contribution is 2.50. The molecular formula is C25H31NO5S. The Morgan fingerprint density at radius 2 is 1.88 bits per heavy atom. The molecule has 0 aromatic heterocycles. The van der Waals surface area contributed by atoms with Gasteiger partial charge in [0.25, 0.3) is 0 Å². The predicted molar refractivity (Wildman–Crippen MR) is 128 cm³/mol. The molecule has 0 bridgehead atoms. The summed E-state index contributed by atoms with van der Waals surface area (Å²) in [6.07, 6.45) is 3.50. The summed E-state index contributed by atoms with van der Waals surface area (Å²) in [6.45, 7) is 3.65. The van der Waals surface area contributed by atoms with Crippen LogP contribution in [-0.4, -0.2) is 33.0 Å². The monoisotopic (exact) mass is 457 g/mol. The quantitative estimate of drug-likeness (QED) is 0.455. The zero-order chi connectivity index (χ0) is 23.3. The van der Waals surface area contributed by atoms with E-state index in [2.05, 4.69) is 12.2 Å². The fraction of sp³-hybridized carbons (Fsp3) is 0.440. The van der Waals surface area contributed by atoms with Crippen LogP contribution >= 0.6 is 11.8 Å². The first-order chi connectivity index (χ1) is 15.4. The Morgan fingerprint density at radius 1 is 1.12 bits per heavy atom. The van der Waals surface area contributed by atoms with E-state index in [4.69, 9.17) is 14.2 Å². The number of ether oxygens (including phenoxy) is 3. The van der Waals surface area contributed by atoms with E-state index in [0.717, 1.165) is 40.8 Å². The van der Waals surface area contributed by atoms with Gasteiger partial charge in [-0.05, 0) is 66.0 Å². The largest absolute Gasteiger partial charge is 0.493 e. The van der Waals surface area contributed by atoms with E-state index >= 15 is 0 Å². The van der Waals surface area contributed by atoms with Crippen LogP contribution in [0.4, 0.5) is 0 Å². The lowest BCUT2D eigenvalue weighted by Gasteiger charge is -2.20. The Bertz CT molecular complexity index is 1050. The number of aryl methyl sites for hydroxylation is 1. The molecule has 172 valence electrons. The van der Waals surface area contributed by atoms with Crippen LogP contribution in [0, 0.1) is 0 Å². The van der Waals surface area contributed by atoms with Crippen LogP contribution < -0.4 is 25.0 Å². The van der Waals surface area contributed by atoms with E-state index in [-0.39, 0.29) is 17.4 Å². The highest BCUT2D eigenvalue weighted by molar-refractivity contribution is 7.99. The van der Waals surface area contributed by atoms with Crippen LogP contribution in [0.1, 0.15) is 50.3 Å². The molecule has 0 saturated heterocycles. The number of benzene rings is 1. The molecule has 0 heterocycles. The molecule has 0 unspecified atom stereocenters. The van der Waals surface area contributed by atoms with E-state index in [1.54, 1.807) is 39.2 Å². The fourth-order valence-corrected chi connectivity index (χ4v) is 5.21. The summed E-state index contributed by atoms with van der Waals surface area (Å²) in [4.78, 5) is 25.6. The van der Waals surface area contributed by atoms with Crippen LogP contribution in [0.3, 0.4) is 0 Å². The maximum absolute atomic E-state index is 12.9. The lowest BCUT2D eigenvalue weighted by Crippen LogP contribution is -2.26. The molecule has 1 atom stereocenters. The Morgan fingerprint density at radius 3 is 2.50 bits per heavy atom. The van der Waals surface area contributed by atoms with Crippen molar-refractivity contribution < 1.29 is 19.0 Å². The van der Waals surface area contributed by atoms with Crippen molar-refractivity contribution in [3.63, 3.8) is 0 Å². The van der Waals surface area contributed by atoms with E-state index < -0.39 is 0 Å². The second kappa shape index (κ2) is 10.8. The number of nitrogens with one attached hydrogen (secondary N) is 1. The number of rotatable bonds is 8. The SMILES string of the molecule is CCCCSc1cc2c(ccc1=O)-c1c(cc(OC)c(OC)c1OC)CC[C@@H]2NC(C)=O. The Hall–Kier alpha value is -2.67. The van der Waals surface area contributed by atoms with Crippen molar-refractivity contribution in [3.8, 4) is 28.4 Å². The number of fused-ring (bicyclic) bond motifs is 3. The first kappa shape index (κ1) is 24.0. The lowest BCUT2D eigenvalue weighted by molar-refractivity contribution is -0.119. The molecule has 1 N–H and O–H groups in total. The molecule has 1 aliphatic carbocycles. The van der Waals surface area contributed by atoms with Crippen molar-refractivity contribution in [2.24, 2.45) is 0 Å². The number of carbonyl (C=O) groups is 1. The molecule has 1 aliphatic rings. The summed E-state index contributed by atoms with van der Waals surface area (Å²) in [5, 5.41) is 3.08. The van der Waals surface area contributed by atoms with Gasteiger partial charge in [0.05, 0.1) is 32.3 Å². The number of unbranched alkanes of at least 4 members (excludes halogenated alkanes) is 1. The number of methoxy groups -OCH3 is 3. The second-order valence-corrected chi connectivity index (χ2v) is 8.89. The van der Waals surface area contributed by atoms with Crippen molar-refractivity contribution in [3.05, 3.63) is 45.6 Å². The smallest absolute Gasteiger partial charge is 0.217 e. The normalized spacial score (nSPS) is 14.6. The molecule has 0 radical (unpaired) electrons. The predicted octanol–water partition coefficient (Wildman–Crippen LogP) is 4.76. The van der Waals surface area contributed by atoms with Crippen molar-refractivity contribution in [2.45, 2.75) is 50.5 Å². The highest BCUT2D eigenvalue weighted by Gasteiger charge is 2.29. The van der Waals surface area contributed by atoms with Gasteiger partial charge in [-0.1, -0.05) is 13.3 Å². The van der Waals surface area contributed by atoms with Gasteiger partial charge < -0.3 is 19.5 Å². The van der Waals surface area contributed by atoms with E-state index in [0.29, 0.717) is 35.0 Å². The minimum absolute atomic E-state index is 0.0262. The number of hydrogen-bond acceptors (Lipinski definition) is 6. The summed E-state index contributed by atoms with van der Waals surface area (Å²) in [6, 6.07) is 7.13. The van der Waals surface area contributed by atoms with Gasteiger partial charge in [0, 0.05) is 12.5 Å². The van der Waals surface area contributed by atoms with E-state index in [9.17, 15) is 9.59 Å². The number of thioether (sulfide) groups is 1. The Balaban J connectivity index is 2.32. The minimum atomic E-state index is -0.228. The number of amides is 1. The summed E-state index contributed by atoms with van der Waals surface area (Å²) >= 11 is 1.57. The van der Waals surface area contributed by atoms with Crippen molar-refractivity contribution >= 4 is 17.7 Å². The van der Waals surface area contributed by atoms with Gasteiger partial charge in [-0.2, -0.15) is 0 Å². The van der Waals surface area contributed by atoms with Crippen LogP contribution in [0.2, 0.25) is 0 Å². The standard InChI is InChI=1S/C25H31NO5S/c1-6-7-12-32-22-14-18-17(9-11-20(22)28)23-16(8-10-19(18)26-15(2)27)13-21(29-3)24(30-4)25(23)31-5/h9,11,13-14,19H,6-8,10,12H2,1-5H3,(H,26,27)/t19-/m0/s1. The van der Waals surface area contributed by atoms with Gasteiger partial charge in [0.1, 0.15) is 0 Å². The molecule has 2 aromatic carbocycles. The first-order valence-electron chi connectivity index (χ1n) is 10.8. The molecule has 1 amide bonds. The second-order valence-electron chi connectivity index (χ2n) is 7.75. The highest BCUT2D eigenvalue weighted by atomic mass is 32.2. The molecule has 2 aromatic rings. The molecular weight excluding hydrogens is 426 g/mol. The molecule has 0 aliphatic heterocycles. The molecule has 0 spiro atoms. The topological polar surface area (TPSA) is 73.9 Å². The average molecular weight is 458 g/mol. The molecule has 6 nitrogen and oxygen atoms in total. The van der Waals surface area contributed by atoms with Crippen LogP contribution in [0.15, 0.2) is 34.0 Å². The van der Waals surface area contributed by atoms with Crippen LogP contribution in [0.5, 0.6) is 17.2 Å². The molecule has 3 rings (SSSR count). The minimum Gasteiger partial charge on any atom is -0.493 e. The third-order valence-electron chi connectivity index (χ3n) is 5.63. The maximum atomic E-state index is 12.9. The summed E-state index contributed by atoms with van der Waals surface area (Å²) < 4.78 is 17.0. The van der Waals surface area contributed by atoms with Crippen LogP contribution in [-0.2, 0) is 11.2 Å². The molecule has 0 fully saturated rings. The van der Waals surface area contributed by atoms with Gasteiger partial charge in [-0.25, -0.2) is 0 Å². The summed E-state index contributed by atoms with van der Waals surface area (Å²) in [5.41, 5.74) is 3.63. The average Bonchev–Trinajstić information content (AvgIpc) is 3.02.